The van der Waals surface area contributed by atoms with Crippen molar-refractivity contribution in [2.75, 3.05) is 16.2 Å². The van der Waals surface area contributed by atoms with Crippen molar-refractivity contribution in [2.24, 2.45) is 0 Å². The average molecular weight is 768 g/mol. The number of nitriles is 1. The zero-order valence-corrected chi connectivity index (χ0v) is 30.9. The monoisotopic (exact) mass is 767 g/mol. The van der Waals surface area contributed by atoms with Crippen LogP contribution < -0.4 is 19.7 Å². The molecular weight excluding hydrogens is 731 g/mol. The lowest BCUT2D eigenvalue weighted by molar-refractivity contribution is -0.383. The van der Waals surface area contributed by atoms with E-state index in [1.54, 1.807) is 66.7 Å². The van der Waals surface area contributed by atoms with Crippen LogP contribution in [0.5, 0.6) is 5.75 Å². The van der Waals surface area contributed by atoms with E-state index in [9.17, 15) is 28.1 Å². The van der Waals surface area contributed by atoms with Crippen LogP contribution in [0.4, 0.5) is 17.1 Å². The van der Waals surface area contributed by atoms with Crippen LogP contribution in [-0.2, 0) is 35.1 Å². The van der Waals surface area contributed by atoms with E-state index < -0.39 is 39.4 Å². The van der Waals surface area contributed by atoms with Crippen LogP contribution in [0.25, 0.3) is 10.8 Å². The Morgan fingerprint density at radius 3 is 2.20 bits per heavy atom. The van der Waals surface area contributed by atoms with Gasteiger partial charge in [-0.2, -0.15) is 5.26 Å². The fourth-order valence-corrected chi connectivity index (χ4v) is 6.75. The summed E-state index contributed by atoms with van der Waals surface area (Å²) in [5, 5.41) is 28.7. The Kier molecular flexibility index (Phi) is 12.7. The van der Waals surface area contributed by atoms with Gasteiger partial charge in [-0.05, 0) is 88.8 Å². The first-order valence-corrected chi connectivity index (χ1v) is 18.9. The van der Waals surface area contributed by atoms with Gasteiger partial charge in [-0.3, -0.25) is 19.7 Å². The number of aryl methyl sites for hydroxylation is 1. The molecule has 0 fully saturated rings. The number of benzene rings is 6. The maximum Gasteiger partial charge on any atom is 0.294 e. The number of hydrogen-bond acceptors (Lipinski definition) is 9. The van der Waals surface area contributed by atoms with Gasteiger partial charge in [0.05, 0.1) is 22.2 Å². The van der Waals surface area contributed by atoms with Crippen LogP contribution in [0.15, 0.2) is 140 Å². The van der Waals surface area contributed by atoms with Crippen molar-refractivity contribution in [3.05, 3.63) is 177 Å². The highest BCUT2D eigenvalue weighted by Crippen LogP contribution is 2.31. The molecule has 282 valence electrons. The van der Waals surface area contributed by atoms with Crippen LogP contribution in [0.2, 0.25) is 0 Å². The van der Waals surface area contributed by atoms with Crippen LogP contribution in [0.1, 0.15) is 39.0 Å². The molecule has 0 aliphatic heterocycles. The van der Waals surface area contributed by atoms with E-state index in [4.69, 9.17) is 10.00 Å². The third kappa shape index (κ3) is 9.93. The van der Waals surface area contributed by atoms with Gasteiger partial charge in [0, 0.05) is 24.6 Å². The first-order chi connectivity index (χ1) is 27.2. The predicted molar refractivity (Wildman–Crippen MR) is 215 cm³/mol. The molecule has 0 saturated carbocycles. The van der Waals surface area contributed by atoms with Gasteiger partial charge in [-0.15, -0.1) is 0 Å². The SMILES string of the molecule is N#Cc1ccc(COc2ccc(C[C@H](NC(=O)c3ccc4ccccc4c3)C(=O)N(c3ccc(NCCCc4ccccc4)c([N+](=O)[O-])c3)[SH](=O)=O)cc2)cc1. The molecule has 2 N–H and O–H groups in total. The molecule has 0 aliphatic rings. The molecule has 0 aliphatic carbocycles. The topological polar surface area (TPSA) is 172 Å². The molecule has 6 aromatic rings. The molecule has 0 aromatic heterocycles. The second-order valence-corrected chi connectivity index (χ2v) is 13.8. The van der Waals surface area contributed by atoms with E-state index in [1.165, 1.54) is 12.1 Å². The van der Waals surface area contributed by atoms with E-state index in [1.807, 2.05) is 54.6 Å². The molecule has 56 heavy (non-hydrogen) atoms. The molecule has 12 nitrogen and oxygen atoms in total. The van der Waals surface area contributed by atoms with Crippen molar-refractivity contribution in [1.29, 1.82) is 5.26 Å². The molecule has 6 rings (SSSR count). The minimum atomic E-state index is -3.65. The first-order valence-electron chi connectivity index (χ1n) is 17.7. The number of thiol groups is 1. The van der Waals surface area contributed by atoms with Gasteiger partial charge in [-0.1, -0.05) is 84.9 Å². The van der Waals surface area contributed by atoms with E-state index >= 15 is 0 Å². The second-order valence-electron chi connectivity index (χ2n) is 12.9. The van der Waals surface area contributed by atoms with Gasteiger partial charge in [0.25, 0.3) is 17.5 Å². The van der Waals surface area contributed by atoms with Gasteiger partial charge in [0.1, 0.15) is 24.1 Å². The average Bonchev–Trinajstić information content (AvgIpc) is 3.22. The summed E-state index contributed by atoms with van der Waals surface area (Å²) in [5.74, 6) is -1.10. The maximum atomic E-state index is 14.2. The molecule has 13 heteroatoms. The fourth-order valence-electron chi connectivity index (χ4n) is 6.13. The summed E-state index contributed by atoms with van der Waals surface area (Å²) >= 11 is 0. The minimum Gasteiger partial charge on any atom is -0.489 e. The van der Waals surface area contributed by atoms with Gasteiger partial charge >= 0.3 is 0 Å². The second kappa shape index (κ2) is 18.3. The van der Waals surface area contributed by atoms with Gasteiger partial charge in [0.15, 0.2) is 0 Å². The van der Waals surface area contributed by atoms with Crippen LogP contribution in [0.3, 0.4) is 0 Å². The molecular formula is C43H37N5O7S. The summed E-state index contributed by atoms with van der Waals surface area (Å²) < 4.78 is 31.9. The highest BCUT2D eigenvalue weighted by atomic mass is 32.2. The lowest BCUT2D eigenvalue weighted by Crippen LogP contribution is -2.49. The molecule has 0 saturated heterocycles. The van der Waals surface area contributed by atoms with Crippen molar-refractivity contribution in [1.82, 2.24) is 5.32 Å². The fraction of sp³-hybridized carbons (Fsp3) is 0.140. The molecule has 0 unspecified atom stereocenters. The quantitative estimate of drug-likeness (QED) is 0.0401. The number of nitrogens with zero attached hydrogens (tertiary/aromatic N) is 3. The maximum absolute atomic E-state index is 14.2. The zero-order valence-electron chi connectivity index (χ0n) is 30.0. The third-order valence-corrected chi connectivity index (χ3v) is 9.82. The van der Waals surface area contributed by atoms with Crippen molar-refractivity contribution in [2.45, 2.75) is 31.9 Å². The van der Waals surface area contributed by atoms with Crippen LogP contribution in [0, 0.1) is 21.4 Å². The van der Waals surface area contributed by atoms with Crippen molar-refractivity contribution in [3.8, 4) is 11.8 Å². The van der Waals surface area contributed by atoms with Crippen molar-refractivity contribution in [3.63, 3.8) is 0 Å². The van der Waals surface area contributed by atoms with E-state index in [-0.39, 0.29) is 30.0 Å². The number of ether oxygens (including phenoxy) is 1. The standard InChI is InChI=1S/C43H37N5O7S/c44-28-32-12-14-33(15-13-32)29-55-38-21-16-31(17-22-38)25-40(46-42(49)36-19-18-34-10-4-5-11-35(34)26-36)43(50)47(56(53)54)37-20-23-39(41(27-37)48(51)52)45-24-6-9-30-7-2-1-3-8-30/h1-5,7-8,10-23,26-27,40,45,56H,6,9,24-25,29H2,(H,46,49)/t40-/m0/s1. The number of hydrogen-bond donors (Lipinski definition) is 3. The molecule has 0 heterocycles. The number of anilines is 2. The number of carbonyl (C=O) groups is 2. The van der Waals surface area contributed by atoms with Gasteiger partial charge < -0.3 is 15.4 Å². The molecule has 0 bridgehead atoms. The third-order valence-electron chi connectivity index (χ3n) is 9.06. The number of rotatable bonds is 16. The number of carbonyl (C=O) groups excluding carboxylic acids is 2. The molecule has 1 atom stereocenters. The summed E-state index contributed by atoms with van der Waals surface area (Å²) in [6, 6.07) is 40.4. The van der Waals surface area contributed by atoms with Gasteiger partial charge in [-0.25, -0.2) is 12.7 Å². The number of fused-ring (bicyclic) bond motifs is 1. The number of nitrogens with one attached hydrogen (secondary N) is 2. The minimum absolute atomic E-state index is 0.114. The summed E-state index contributed by atoms with van der Waals surface area (Å²) in [5.41, 5.74) is 2.86. The Morgan fingerprint density at radius 2 is 1.50 bits per heavy atom. The molecule has 0 radical (unpaired) electrons. The Balaban J connectivity index is 1.23. The number of nitro groups is 1. The Hall–Kier alpha value is -7.04. The van der Waals surface area contributed by atoms with E-state index in [0.29, 0.717) is 34.1 Å². The van der Waals surface area contributed by atoms with E-state index in [0.717, 1.165) is 34.4 Å². The van der Waals surface area contributed by atoms with Crippen LogP contribution >= 0.6 is 0 Å². The Bertz CT molecular complexity index is 2460. The number of nitro benzene ring substituents is 1. The molecule has 6 aromatic carbocycles. The summed E-state index contributed by atoms with van der Waals surface area (Å²) in [4.78, 5) is 39.5. The lowest BCUT2D eigenvalue weighted by Gasteiger charge is -2.24. The normalized spacial score (nSPS) is 11.4. The lowest BCUT2D eigenvalue weighted by atomic mass is 10.0. The molecule has 2 amide bonds. The van der Waals surface area contributed by atoms with Crippen molar-refractivity contribution < 1.29 is 27.7 Å². The van der Waals surface area contributed by atoms with Crippen LogP contribution in [-0.4, -0.2) is 37.7 Å². The Labute approximate surface area is 325 Å². The predicted octanol–water partition coefficient (Wildman–Crippen LogP) is 7.14. The largest absolute Gasteiger partial charge is 0.489 e. The van der Waals surface area contributed by atoms with Gasteiger partial charge in [0.2, 0.25) is 10.9 Å². The Morgan fingerprint density at radius 1 is 0.804 bits per heavy atom. The summed E-state index contributed by atoms with van der Waals surface area (Å²) in [6.07, 6.45) is 1.32. The molecule has 0 spiro atoms. The number of amides is 2. The highest BCUT2D eigenvalue weighted by molar-refractivity contribution is 7.75. The first kappa shape index (κ1) is 38.7. The highest BCUT2D eigenvalue weighted by Gasteiger charge is 2.31. The summed E-state index contributed by atoms with van der Waals surface area (Å²) in [7, 11) is -3.65. The van der Waals surface area contributed by atoms with Crippen molar-refractivity contribution >= 4 is 50.5 Å². The summed E-state index contributed by atoms with van der Waals surface area (Å²) in [6.45, 7) is 0.656. The smallest absolute Gasteiger partial charge is 0.294 e. The van der Waals surface area contributed by atoms with E-state index in [2.05, 4.69) is 16.7 Å². The zero-order chi connectivity index (χ0) is 39.4.